The molecular weight excluding hydrogens is 250 g/mol. The highest BCUT2D eigenvalue weighted by Crippen LogP contribution is 2.19. The SMILES string of the molecule is CCN(CC1CCNCC1)S(=O)(=O)c1cc[nH]c1. The Bertz CT molecular complexity index is 450. The minimum Gasteiger partial charge on any atom is -0.366 e. The number of rotatable bonds is 5. The average Bonchev–Trinajstić information content (AvgIpc) is 2.91. The summed E-state index contributed by atoms with van der Waals surface area (Å²) in [6.07, 6.45) is 5.30. The summed E-state index contributed by atoms with van der Waals surface area (Å²) in [6, 6.07) is 1.61. The Balaban J connectivity index is 2.08. The van der Waals surface area contributed by atoms with E-state index in [4.69, 9.17) is 0 Å². The molecule has 1 saturated heterocycles. The van der Waals surface area contributed by atoms with Crippen molar-refractivity contribution in [1.29, 1.82) is 0 Å². The molecule has 1 fully saturated rings. The molecule has 0 atom stereocenters. The van der Waals surface area contributed by atoms with Crippen LogP contribution in [0, 0.1) is 5.92 Å². The zero-order valence-corrected chi connectivity index (χ0v) is 11.5. The molecule has 2 rings (SSSR count). The maximum absolute atomic E-state index is 12.4. The molecule has 1 aromatic rings. The van der Waals surface area contributed by atoms with Gasteiger partial charge in [0.05, 0.1) is 4.90 Å². The number of sulfonamides is 1. The number of aromatic nitrogens is 1. The van der Waals surface area contributed by atoms with E-state index in [2.05, 4.69) is 10.3 Å². The number of H-pyrrole nitrogens is 1. The van der Waals surface area contributed by atoms with Crippen LogP contribution in [-0.2, 0) is 10.0 Å². The van der Waals surface area contributed by atoms with E-state index in [1.807, 2.05) is 6.92 Å². The second-order valence-electron chi connectivity index (χ2n) is 4.70. The molecule has 102 valence electrons. The molecule has 0 radical (unpaired) electrons. The first-order valence-corrected chi connectivity index (χ1v) is 7.92. The molecule has 1 aromatic heterocycles. The molecule has 1 aliphatic rings. The van der Waals surface area contributed by atoms with Gasteiger partial charge < -0.3 is 10.3 Å². The molecule has 18 heavy (non-hydrogen) atoms. The third-order valence-electron chi connectivity index (χ3n) is 3.48. The van der Waals surface area contributed by atoms with Gasteiger partial charge in [0.2, 0.25) is 10.0 Å². The maximum atomic E-state index is 12.4. The first kappa shape index (κ1) is 13.6. The normalized spacial score (nSPS) is 18.3. The van der Waals surface area contributed by atoms with E-state index in [0.29, 0.717) is 23.9 Å². The Labute approximate surface area is 109 Å². The molecule has 0 aromatic carbocycles. The van der Waals surface area contributed by atoms with Crippen LogP contribution in [0.15, 0.2) is 23.4 Å². The van der Waals surface area contributed by atoms with Crippen LogP contribution in [0.4, 0.5) is 0 Å². The molecule has 5 nitrogen and oxygen atoms in total. The van der Waals surface area contributed by atoms with Gasteiger partial charge in [0.1, 0.15) is 0 Å². The van der Waals surface area contributed by atoms with Gasteiger partial charge in [0.15, 0.2) is 0 Å². The van der Waals surface area contributed by atoms with E-state index in [9.17, 15) is 8.42 Å². The molecule has 2 N–H and O–H groups in total. The first-order valence-electron chi connectivity index (χ1n) is 6.48. The molecule has 2 heterocycles. The van der Waals surface area contributed by atoms with Gasteiger partial charge in [-0.15, -0.1) is 0 Å². The van der Waals surface area contributed by atoms with Gasteiger partial charge in [0.25, 0.3) is 0 Å². The van der Waals surface area contributed by atoms with Crippen molar-refractivity contribution < 1.29 is 8.42 Å². The summed E-state index contributed by atoms with van der Waals surface area (Å²) in [4.78, 5) is 3.16. The molecule has 0 unspecified atom stereocenters. The van der Waals surface area contributed by atoms with Gasteiger partial charge in [-0.3, -0.25) is 0 Å². The van der Waals surface area contributed by atoms with Crippen LogP contribution in [-0.4, -0.2) is 43.9 Å². The molecule has 0 saturated carbocycles. The quantitative estimate of drug-likeness (QED) is 0.840. The maximum Gasteiger partial charge on any atom is 0.244 e. The predicted molar refractivity (Wildman–Crippen MR) is 70.8 cm³/mol. The molecule has 0 spiro atoms. The van der Waals surface area contributed by atoms with Crippen LogP contribution >= 0.6 is 0 Å². The predicted octanol–water partition coefficient (Wildman–Crippen LogP) is 1.02. The summed E-state index contributed by atoms with van der Waals surface area (Å²) in [5, 5.41) is 3.30. The van der Waals surface area contributed by atoms with Gasteiger partial charge in [-0.2, -0.15) is 4.31 Å². The van der Waals surface area contributed by atoms with Crippen LogP contribution < -0.4 is 5.32 Å². The summed E-state index contributed by atoms with van der Waals surface area (Å²) in [6.45, 7) is 5.03. The number of hydrogen-bond acceptors (Lipinski definition) is 3. The lowest BCUT2D eigenvalue weighted by atomic mass is 9.98. The van der Waals surface area contributed by atoms with Gasteiger partial charge in [-0.05, 0) is 37.9 Å². The molecule has 0 bridgehead atoms. The Hall–Kier alpha value is -0.850. The second kappa shape index (κ2) is 5.86. The summed E-state index contributed by atoms with van der Waals surface area (Å²) in [5.41, 5.74) is 0. The lowest BCUT2D eigenvalue weighted by molar-refractivity contribution is 0.294. The summed E-state index contributed by atoms with van der Waals surface area (Å²) in [7, 11) is -3.33. The van der Waals surface area contributed by atoms with Crippen LogP contribution in [0.3, 0.4) is 0 Å². The van der Waals surface area contributed by atoms with E-state index in [1.165, 1.54) is 0 Å². The van der Waals surface area contributed by atoms with Crippen molar-refractivity contribution >= 4 is 10.0 Å². The highest BCUT2D eigenvalue weighted by Gasteiger charge is 2.26. The van der Waals surface area contributed by atoms with E-state index < -0.39 is 10.0 Å². The van der Waals surface area contributed by atoms with Crippen LogP contribution in [0.5, 0.6) is 0 Å². The lowest BCUT2D eigenvalue weighted by Gasteiger charge is -2.28. The fourth-order valence-electron chi connectivity index (χ4n) is 2.37. The number of hydrogen-bond donors (Lipinski definition) is 2. The molecular formula is C12H21N3O2S. The van der Waals surface area contributed by atoms with Crippen molar-refractivity contribution in [2.24, 2.45) is 5.92 Å². The first-order chi connectivity index (χ1) is 8.64. The number of aromatic amines is 1. The van der Waals surface area contributed by atoms with Crippen molar-refractivity contribution in [3.8, 4) is 0 Å². The van der Waals surface area contributed by atoms with Crippen molar-refractivity contribution in [3.63, 3.8) is 0 Å². The Kier molecular flexibility index (Phi) is 4.42. The molecule has 1 aliphatic heterocycles. The fourth-order valence-corrected chi connectivity index (χ4v) is 3.87. The van der Waals surface area contributed by atoms with Gasteiger partial charge >= 0.3 is 0 Å². The van der Waals surface area contributed by atoms with Crippen LogP contribution in [0.25, 0.3) is 0 Å². The average molecular weight is 271 g/mol. The van der Waals surface area contributed by atoms with E-state index >= 15 is 0 Å². The fraction of sp³-hybridized carbons (Fsp3) is 0.667. The standard InChI is InChI=1S/C12H21N3O2S/c1-2-15(10-11-3-6-13-7-4-11)18(16,17)12-5-8-14-9-12/h5,8-9,11,13-14H,2-4,6-7,10H2,1H3. The van der Waals surface area contributed by atoms with Crippen LogP contribution in [0.2, 0.25) is 0 Å². The number of nitrogens with zero attached hydrogens (tertiary/aromatic N) is 1. The van der Waals surface area contributed by atoms with Crippen molar-refractivity contribution in [1.82, 2.24) is 14.6 Å². The summed E-state index contributed by atoms with van der Waals surface area (Å²) in [5.74, 6) is 0.472. The lowest BCUT2D eigenvalue weighted by Crippen LogP contribution is -2.39. The smallest absolute Gasteiger partial charge is 0.244 e. The second-order valence-corrected chi connectivity index (χ2v) is 6.63. The topological polar surface area (TPSA) is 65.2 Å². The third kappa shape index (κ3) is 2.93. The highest BCUT2D eigenvalue weighted by molar-refractivity contribution is 7.89. The highest BCUT2D eigenvalue weighted by atomic mass is 32.2. The summed E-state index contributed by atoms with van der Waals surface area (Å²) >= 11 is 0. The summed E-state index contributed by atoms with van der Waals surface area (Å²) < 4.78 is 26.4. The Morgan fingerprint density at radius 3 is 2.67 bits per heavy atom. The van der Waals surface area contributed by atoms with E-state index in [1.54, 1.807) is 22.8 Å². The van der Waals surface area contributed by atoms with Gasteiger partial charge in [-0.25, -0.2) is 8.42 Å². The molecule has 0 aliphatic carbocycles. The van der Waals surface area contributed by atoms with Gasteiger partial charge in [-0.1, -0.05) is 6.92 Å². The van der Waals surface area contributed by atoms with Crippen LogP contribution in [0.1, 0.15) is 19.8 Å². The molecule has 6 heteroatoms. The van der Waals surface area contributed by atoms with Crippen molar-refractivity contribution in [2.45, 2.75) is 24.7 Å². The van der Waals surface area contributed by atoms with Crippen molar-refractivity contribution in [2.75, 3.05) is 26.2 Å². The number of nitrogens with one attached hydrogen (secondary N) is 2. The zero-order chi connectivity index (χ0) is 13.0. The monoisotopic (exact) mass is 271 g/mol. The van der Waals surface area contributed by atoms with Gasteiger partial charge in [0, 0.05) is 25.5 Å². The number of piperidine rings is 1. The Morgan fingerprint density at radius 2 is 2.11 bits per heavy atom. The third-order valence-corrected chi connectivity index (χ3v) is 5.42. The molecule has 0 amide bonds. The minimum atomic E-state index is -3.33. The van der Waals surface area contributed by atoms with E-state index in [-0.39, 0.29) is 0 Å². The Morgan fingerprint density at radius 1 is 1.39 bits per heavy atom. The van der Waals surface area contributed by atoms with E-state index in [0.717, 1.165) is 25.9 Å². The minimum absolute atomic E-state index is 0.360. The zero-order valence-electron chi connectivity index (χ0n) is 10.7. The van der Waals surface area contributed by atoms with Crippen molar-refractivity contribution in [3.05, 3.63) is 18.5 Å². The largest absolute Gasteiger partial charge is 0.366 e.